The molecule has 164 valence electrons. The molecule has 1 spiro atoms. The molecular weight excluding hydrogens is 459 g/mol. The van der Waals surface area contributed by atoms with E-state index in [0.29, 0.717) is 32.4 Å². The molecule has 3 atom stereocenters. The van der Waals surface area contributed by atoms with Crippen molar-refractivity contribution < 1.29 is 14.7 Å². The highest BCUT2D eigenvalue weighted by molar-refractivity contribution is 6.31. The van der Waals surface area contributed by atoms with Crippen LogP contribution in [-0.2, 0) is 15.0 Å². The van der Waals surface area contributed by atoms with Gasteiger partial charge in [0.05, 0.1) is 6.04 Å². The summed E-state index contributed by atoms with van der Waals surface area (Å²) in [6.45, 7) is 0. The van der Waals surface area contributed by atoms with Crippen LogP contribution in [-0.4, -0.2) is 16.9 Å². The Labute approximate surface area is 200 Å². The summed E-state index contributed by atoms with van der Waals surface area (Å²) in [7, 11) is 0. The summed E-state index contributed by atoms with van der Waals surface area (Å²) in [5.41, 5.74) is 1.59. The van der Waals surface area contributed by atoms with Gasteiger partial charge in [-0.2, -0.15) is 0 Å². The Kier molecular flexibility index (Phi) is 5.08. The van der Waals surface area contributed by atoms with Gasteiger partial charge in [-0.3, -0.25) is 9.59 Å². The molecule has 5 rings (SSSR count). The Bertz CT molecular complexity index is 1360. The molecule has 3 unspecified atom stereocenters. The third-order valence-electron chi connectivity index (χ3n) is 6.51. The third-order valence-corrected chi connectivity index (χ3v) is 6.98. The van der Waals surface area contributed by atoms with Gasteiger partial charge < -0.3 is 15.7 Å². The maximum absolute atomic E-state index is 13.9. The number of aromatic hydroxyl groups is 1. The zero-order valence-corrected chi connectivity index (χ0v) is 18.7. The fraction of sp³-hybridized carbons (Fsp3) is 0.154. The van der Waals surface area contributed by atoms with Crippen molar-refractivity contribution in [1.29, 1.82) is 0 Å². The van der Waals surface area contributed by atoms with Crippen LogP contribution in [0.1, 0.15) is 40.6 Å². The quantitative estimate of drug-likeness (QED) is 0.459. The topological polar surface area (TPSA) is 78.4 Å². The molecular formula is C26H18Cl2N2O3. The number of terminal acetylenes is 1. The number of carbonyl (C=O) groups excluding carboxylic acids is 2. The van der Waals surface area contributed by atoms with E-state index in [9.17, 15) is 14.7 Å². The molecule has 2 aliphatic rings. The van der Waals surface area contributed by atoms with Gasteiger partial charge >= 0.3 is 0 Å². The van der Waals surface area contributed by atoms with Gasteiger partial charge in [-0.05, 0) is 53.6 Å². The lowest BCUT2D eigenvalue weighted by Crippen LogP contribution is -2.56. The number of hydrogen-bond acceptors (Lipinski definition) is 3. The maximum Gasteiger partial charge on any atom is 0.238 e. The van der Waals surface area contributed by atoms with Crippen molar-refractivity contribution in [1.82, 2.24) is 5.32 Å². The Morgan fingerprint density at radius 2 is 1.82 bits per heavy atom. The monoisotopic (exact) mass is 476 g/mol. The summed E-state index contributed by atoms with van der Waals surface area (Å²) in [6, 6.07) is 16.2. The van der Waals surface area contributed by atoms with E-state index in [1.807, 2.05) is 6.07 Å². The number of carbonyl (C=O) groups is 2. The second-order valence-electron chi connectivity index (χ2n) is 8.24. The third kappa shape index (κ3) is 3.26. The summed E-state index contributed by atoms with van der Waals surface area (Å²) in [5.74, 6) is 1.36. The van der Waals surface area contributed by atoms with Crippen molar-refractivity contribution in [2.24, 2.45) is 0 Å². The van der Waals surface area contributed by atoms with Crippen LogP contribution in [0.3, 0.4) is 0 Å². The SMILES string of the molecule is C#Cc1ccc(O)c(C2NC(=O)CC(c3cccc(Cl)c3)C23C(=O)Nc2cc(Cl)ccc23)c1. The number of phenolic OH excluding ortho intramolecular Hbond substituents is 1. The Morgan fingerprint density at radius 3 is 2.58 bits per heavy atom. The van der Waals surface area contributed by atoms with E-state index >= 15 is 0 Å². The maximum atomic E-state index is 13.9. The van der Waals surface area contributed by atoms with E-state index < -0.39 is 17.4 Å². The number of benzene rings is 3. The van der Waals surface area contributed by atoms with E-state index in [2.05, 4.69) is 16.6 Å². The van der Waals surface area contributed by atoms with Crippen LogP contribution in [0, 0.1) is 12.3 Å². The van der Waals surface area contributed by atoms with Crippen LogP contribution in [0.5, 0.6) is 5.75 Å². The standard InChI is InChI=1S/C26H18Cl2N2O3/c1-2-14-6-9-22(31)18(10-14)24-26(19-8-7-17(28)12-21(19)29-25(26)33)20(13-23(32)30-24)15-4-3-5-16(27)11-15/h1,3-12,20,24,31H,13H2,(H,29,33)(H,30,32). The molecule has 0 saturated carbocycles. The molecule has 5 nitrogen and oxygen atoms in total. The predicted octanol–water partition coefficient (Wildman–Crippen LogP) is 4.92. The van der Waals surface area contributed by atoms with Crippen molar-refractivity contribution in [2.45, 2.75) is 23.8 Å². The number of rotatable bonds is 2. The fourth-order valence-electron chi connectivity index (χ4n) is 5.15. The molecule has 0 bridgehead atoms. The minimum Gasteiger partial charge on any atom is -0.508 e. The molecule has 1 fully saturated rings. The summed E-state index contributed by atoms with van der Waals surface area (Å²) in [5, 5.41) is 17.7. The van der Waals surface area contributed by atoms with Crippen LogP contribution < -0.4 is 10.6 Å². The van der Waals surface area contributed by atoms with E-state index in [1.165, 1.54) is 6.07 Å². The summed E-state index contributed by atoms with van der Waals surface area (Å²) in [6.07, 6.45) is 5.66. The molecule has 2 aliphatic heterocycles. The zero-order valence-electron chi connectivity index (χ0n) is 17.2. The van der Waals surface area contributed by atoms with Crippen LogP contribution in [0.2, 0.25) is 10.0 Å². The fourth-order valence-corrected chi connectivity index (χ4v) is 5.52. The van der Waals surface area contributed by atoms with Gasteiger partial charge in [0.25, 0.3) is 0 Å². The summed E-state index contributed by atoms with van der Waals surface area (Å²) < 4.78 is 0. The van der Waals surface area contributed by atoms with Gasteiger partial charge in [-0.1, -0.05) is 47.3 Å². The van der Waals surface area contributed by atoms with Crippen LogP contribution in [0.4, 0.5) is 5.69 Å². The molecule has 1 saturated heterocycles. The predicted molar refractivity (Wildman–Crippen MR) is 127 cm³/mol. The van der Waals surface area contributed by atoms with Crippen molar-refractivity contribution in [3.63, 3.8) is 0 Å². The number of anilines is 1. The van der Waals surface area contributed by atoms with Gasteiger partial charge in [-0.15, -0.1) is 6.42 Å². The van der Waals surface area contributed by atoms with E-state index in [4.69, 9.17) is 29.6 Å². The molecule has 0 radical (unpaired) electrons. The first-order valence-electron chi connectivity index (χ1n) is 10.3. The van der Waals surface area contributed by atoms with E-state index in [-0.39, 0.29) is 24.0 Å². The molecule has 33 heavy (non-hydrogen) atoms. The zero-order chi connectivity index (χ0) is 23.3. The highest BCUT2D eigenvalue weighted by Gasteiger charge is 2.61. The lowest BCUT2D eigenvalue weighted by Gasteiger charge is -2.46. The number of hydrogen-bond donors (Lipinski definition) is 3. The molecule has 0 aromatic heterocycles. The lowest BCUT2D eigenvalue weighted by atomic mass is 9.59. The second kappa shape index (κ2) is 7.84. The highest BCUT2D eigenvalue weighted by atomic mass is 35.5. The van der Waals surface area contributed by atoms with E-state index in [1.54, 1.807) is 48.5 Å². The van der Waals surface area contributed by atoms with Crippen LogP contribution >= 0.6 is 23.2 Å². The molecule has 3 N–H and O–H groups in total. The average Bonchev–Trinajstić information content (AvgIpc) is 3.07. The first kappa shape index (κ1) is 21.4. The Hall–Kier alpha value is -3.46. The lowest BCUT2D eigenvalue weighted by molar-refractivity contribution is -0.131. The summed E-state index contributed by atoms with van der Waals surface area (Å²) >= 11 is 12.5. The Balaban J connectivity index is 1.84. The minimum absolute atomic E-state index is 0.0575. The first-order chi connectivity index (χ1) is 15.8. The number of piperidine rings is 1. The second-order valence-corrected chi connectivity index (χ2v) is 9.12. The van der Waals surface area contributed by atoms with Gasteiger partial charge in [0.2, 0.25) is 11.8 Å². The number of halogens is 2. The molecule has 3 aromatic rings. The van der Waals surface area contributed by atoms with Gasteiger partial charge in [-0.25, -0.2) is 0 Å². The molecule has 2 amide bonds. The minimum atomic E-state index is -1.27. The van der Waals surface area contributed by atoms with Crippen molar-refractivity contribution in [3.8, 4) is 18.1 Å². The van der Waals surface area contributed by atoms with Crippen LogP contribution in [0.25, 0.3) is 0 Å². The van der Waals surface area contributed by atoms with Gasteiger partial charge in [0, 0.05) is 39.2 Å². The number of amides is 2. The number of phenols is 1. The molecule has 3 aromatic carbocycles. The van der Waals surface area contributed by atoms with Gasteiger partial charge in [0.1, 0.15) is 11.2 Å². The number of nitrogens with one attached hydrogen (secondary N) is 2. The molecule has 2 heterocycles. The van der Waals surface area contributed by atoms with Crippen molar-refractivity contribution in [2.75, 3.05) is 5.32 Å². The summed E-state index contributed by atoms with van der Waals surface area (Å²) in [4.78, 5) is 26.9. The van der Waals surface area contributed by atoms with E-state index in [0.717, 1.165) is 5.56 Å². The van der Waals surface area contributed by atoms with Crippen molar-refractivity contribution >= 4 is 40.7 Å². The van der Waals surface area contributed by atoms with Crippen molar-refractivity contribution in [3.05, 3.63) is 93.0 Å². The largest absolute Gasteiger partial charge is 0.508 e. The normalized spacial score (nSPS) is 23.5. The highest BCUT2D eigenvalue weighted by Crippen LogP contribution is 2.58. The van der Waals surface area contributed by atoms with Crippen LogP contribution in [0.15, 0.2) is 60.7 Å². The average molecular weight is 477 g/mol. The smallest absolute Gasteiger partial charge is 0.238 e. The number of fused-ring (bicyclic) bond motifs is 2. The van der Waals surface area contributed by atoms with Gasteiger partial charge in [0.15, 0.2) is 0 Å². The first-order valence-corrected chi connectivity index (χ1v) is 11.1. The molecule has 7 heteroatoms. The molecule has 0 aliphatic carbocycles. The Morgan fingerprint density at radius 1 is 1.03 bits per heavy atom.